The second-order valence-corrected chi connectivity index (χ2v) is 5.32. The fourth-order valence-electron chi connectivity index (χ4n) is 2.13. The predicted octanol–water partition coefficient (Wildman–Crippen LogP) is 3.21. The first-order valence-electron chi connectivity index (χ1n) is 7.45. The number of hydrogen-bond acceptors (Lipinski definition) is 4. The van der Waals surface area contributed by atoms with E-state index in [-0.39, 0.29) is 17.3 Å². The molecule has 0 spiro atoms. The van der Waals surface area contributed by atoms with Gasteiger partial charge in [-0.3, -0.25) is 9.59 Å². The van der Waals surface area contributed by atoms with Crippen molar-refractivity contribution in [3.8, 4) is 0 Å². The summed E-state index contributed by atoms with van der Waals surface area (Å²) in [4.78, 5) is 38.2. The number of ether oxygens (including phenoxy) is 1. The van der Waals surface area contributed by atoms with Crippen LogP contribution < -0.4 is 0 Å². The Kier molecular flexibility index (Phi) is 5.11. The molecule has 0 amide bonds. The fraction of sp³-hybridized carbons (Fsp3) is 0.278. The fourth-order valence-corrected chi connectivity index (χ4v) is 2.13. The number of H-pyrrole nitrogens is 1. The monoisotopic (exact) mass is 313 g/mol. The second-order valence-electron chi connectivity index (χ2n) is 5.32. The highest BCUT2D eigenvalue weighted by Gasteiger charge is 2.21. The molecule has 120 valence electrons. The summed E-state index contributed by atoms with van der Waals surface area (Å²) >= 11 is 0. The highest BCUT2D eigenvalue weighted by atomic mass is 16.5. The Morgan fingerprint density at radius 2 is 1.78 bits per heavy atom. The van der Waals surface area contributed by atoms with Gasteiger partial charge in [0.05, 0.1) is 0 Å². The Balaban J connectivity index is 2.04. The number of esters is 1. The Morgan fingerprint density at radius 1 is 1.13 bits per heavy atom. The third-order valence-electron chi connectivity index (χ3n) is 3.61. The van der Waals surface area contributed by atoms with Crippen molar-refractivity contribution in [2.75, 3.05) is 0 Å². The highest BCUT2D eigenvalue weighted by molar-refractivity contribution is 6.02. The standard InChI is InChI=1S/C18H19NO4/c1-4-13-5-7-14(8-6-13)17(21)12(3)23-18(22)16-9-15(10-19-16)11(2)20/h5-10,12,19H,4H2,1-3H3/t12-/m0/s1. The van der Waals surface area contributed by atoms with Gasteiger partial charge in [-0.1, -0.05) is 31.2 Å². The normalized spacial score (nSPS) is 11.8. The van der Waals surface area contributed by atoms with Gasteiger partial charge in [-0.05, 0) is 31.9 Å². The maximum absolute atomic E-state index is 12.3. The molecule has 0 fully saturated rings. The number of Topliss-reactive ketones (excluding diaryl/α,β-unsaturated/α-hetero) is 2. The summed E-state index contributed by atoms with van der Waals surface area (Å²) < 4.78 is 5.17. The molecule has 5 heteroatoms. The van der Waals surface area contributed by atoms with Crippen molar-refractivity contribution >= 4 is 17.5 Å². The van der Waals surface area contributed by atoms with Gasteiger partial charge in [0.15, 0.2) is 11.9 Å². The van der Waals surface area contributed by atoms with Crippen LogP contribution in [0.5, 0.6) is 0 Å². The molecule has 1 N–H and O–H groups in total. The van der Waals surface area contributed by atoms with Crippen LogP contribution in [0.4, 0.5) is 0 Å². The molecule has 23 heavy (non-hydrogen) atoms. The van der Waals surface area contributed by atoms with E-state index in [0.29, 0.717) is 11.1 Å². The first kappa shape index (κ1) is 16.7. The number of hydrogen-bond donors (Lipinski definition) is 1. The lowest BCUT2D eigenvalue weighted by Gasteiger charge is -2.12. The molecule has 0 bridgehead atoms. The molecular formula is C18H19NO4. The molecule has 0 aliphatic rings. The van der Waals surface area contributed by atoms with Crippen molar-refractivity contribution in [2.45, 2.75) is 33.3 Å². The Labute approximate surface area is 134 Å². The number of benzene rings is 1. The maximum Gasteiger partial charge on any atom is 0.355 e. The van der Waals surface area contributed by atoms with Crippen molar-refractivity contribution in [3.05, 3.63) is 58.9 Å². The summed E-state index contributed by atoms with van der Waals surface area (Å²) in [6.07, 6.45) is 1.43. The largest absolute Gasteiger partial charge is 0.450 e. The van der Waals surface area contributed by atoms with Gasteiger partial charge in [0, 0.05) is 17.3 Å². The lowest BCUT2D eigenvalue weighted by molar-refractivity contribution is 0.0314. The van der Waals surface area contributed by atoms with Crippen molar-refractivity contribution in [1.82, 2.24) is 4.98 Å². The van der Waals surface area contributed by atoms with Crippen LogP contribution >= 0.6 is 0 Å². The van der Waals surface area contributed by atoms with E-state index in [9.17, 15) is 14.4 Å². The quantitative estimate of drug-likeness (QED) is 0.656. The summed E-state index contributed by atoms with van der Waals surface area (Å²) in [5, 5.41) is 0. The smallest absolute Gasteiger partial charge is 0.355 e. The maximum atomic E-state index is 12.3. The molecule has 1 heterocycles. The molecule has 1 aromatic carbocycles. The number of aromatic nitrogens is 1. The predicted molar refractivity (Wildman–Crippen MR) is 85.8 cm³/mol. The summed E-state index contributed by atoms with van der Waals surface area (Å²) in [7, 11) is 0. The molecule has 0 unspecified atom stereocenters. The van der Waals surface area contributed by atoms with E-state index in [1.807, 2.05) is 19.1 Å². The van der Waals surface area contributed by atoms with Crippen molar-refractivity contribution < 1.29 is 19.1 Å². The third-order valence-corrected chi connectivity index (χ3v) is 3.61. The van der Waals surface area contributed by atoms with Crippen molar-refractivity contribution in [2.24, 2.45) is 0 Å². The van der Waals surface area contributed by atoms with Crippen LogP contribution in [0.25, 0.3) is 0 Å². The molecule has 1 aromatic heterocycles. The number of carbonyl (C=O) groups is 3. The molecular weight excluding hydrogens is 294 g/mol. The van der Waals surface area contributed by atoms with Gasteiger partial charge < -0.3 is 9.72 Å². The number of ketones is 2. The minimum atomic E-state index is -0.904. The molecule has 0 aliphatic heterocycles. The van der Waals surface area contributed by atoms with E-state index >= 15 is 0 Å². The molecule has 5 nitrogen and oxygen atoms in total. The molecule has 0 aliphatic carbocycles. The highest BCUT2D eigenvalue weighted by Crippen LogP contribution is 2.12. The van der Waals surface area contributed by atoms with E-state index in [2.05, 4.69) is 4.98 Å². The summed E-state index contributed by atoms with van der Waals surface area (Å²) in [5.74, 6) is -1.08. The van der Waals surface area contributed by atoms with Crippen LogP contribution in [0.2, 0.25) is 0 Å². The average molecular weight is 313 g/mol. The molecule has 0 saturated carbocycles. The van der Waals surface area contributed by atoms with Gasteiger partial charge in [-0.25, -0.2) is 4.79 Å². The minimum absolute atomic E-state index is 0.149. The lowest BCUT2D eigenvalue weighted by atomic mass is 10.0. The van der Waals surface area contributed by atoms with Gasteiger partial charge in [0.1, 0.15) is 5.69 Å². The first-order valence-corrected chi connectivity index (χ1v) is 7.45. The lowest BCUT2D eigenvalue weighted by Crippen LogP contribution is -2.24. The second kappa shape index (κ2) is 7.05. The van der Waals surface area contributed by atoms with E-state index in [4.69, 9.17) is 4.74 Å². The van der Waals surface area contributed by atoms with Crippen LogP contribution in [0.3, 0.4) is 0 Å². The SMILES string of the molecule is CCc1ccc(C(=O)[C@H](C)OC(=O)c2cc(C(C)=O)c[nH]2)cc1. The molecule has 0 saturated heterocycles. The number of nitrogens with one attached hydrogen (secondary N) is 1. The zero-order valence-corrected chi connectivity index (χ0v) is 13.4. The average Bonchev–Trinajstić information content (AvgIpc) is 3.04. The minimum Gasteiger partial charge on any atom is -0.450 e. The van der Waals surface area contributed by atoms with Gasteiger partial charge in [-0.2, -0.15) is 0 Å². The van der Waals surface area contributed by atoms with Crippen LogP contribution in [0.15, 0.2) is 36.5 Å². The zero-order chi connectivity index (χ0) is 17.0. The van der Waals surface area contributed by atoms with Crippen molar-refractivity contribution in [3.63, 3.8) is 0 Å². The molecule has 1 atom stereocenters. The molecule has 2 aromatic rings. The third kappa shape index (κ3) is 3.94. The number of aromatic amines is 1. The van der Waals surface area contributed by atoms with E-state index in [1.54, 1.807) is 12.1 Å². The van der Waals surface area contributed by atoms with E-state index in [1.165, 1.54) is 26.1 Å². The van der Waals surface area contributed by atoms with E-state index < -0.39 is 12.1 Å². The van der Waals surface area contributed by atoms with Crippen LogP contribution in [-0.4, -0.2) is 28.6 Å². The number of aryl methyl sites for hydroxylation is 1. The molecule has 2 rings (SSSR count). The topological polar surface area (TPSA) is 76.2 Å². The first-order chi connectivity index (χ1) is 10.9. The van der Waals surface area contributed by atoms with Crippen molar-refractivity contribution in [1.29, 1.82) is 0 Å². The number of rotatable bonds is 6. The zero-order valence-electron chi connectivity index (χ0n) is 13.4. The summed E-state index contributed by atoms with van der Waals surface area (Å²) in [5.41, 5.74) is 2.18. The Bertz CT molecular complexity index is 728. The van der Waals surface area contributed by atoms with Crippen LogP contribution in [-0.2, 0) is 11.2 Å². The summed E-state index contributed by atoms with van der Waals surface area (Å²) in [6, 6.07) is 8.64. The molecule has 0 radical (unpaired) electrons. The van der Waals surface area contributed by atoms with Crippen LogP contribution in [0.1, 0.15) is 57.5 Å². The van der Waals surface area contributed by atoms with Gasteiger partial charge in [-0.15, -0.1) is 0 Å². The van der Waals surface area contributed by atoms with Crippen LogP contribution in [0, 0.1) is 0 Å². The van der Waals surface area contributed by atoms with Gasteiger partial charge in [0.2, 0.25) is 5.78 Å². The Hall–Kier alpha value is -2.69. The Morgan fingerprint density at radius 3 is 2.30 bits per heavy atom. The van der Waals surface area contributed by atoms with Gasteiger partial charge >= 0.3 is 5.97 Å². The van der Waals surface area contributed by atoms with Gasteiger partial charge in [0.25, 0.3) is 0 Å². The van der Waals surface area contributed by atoms with E-state index in [0.717, 1.165) is 12.0 Å². The number of carbonyl (C=O) groups excluding carboxylic acids is 3. The summed E-state index contributed by atoms with van der Waals surface area (Å²) in [6.45, 7) is 4.97.